The zero-order valence-corrected chi connectivity index (χ0v) is 8.85. The minimum absolute atomic E-state index is 0.127. The molecular formula is C9H17NO2S. The summed E-state index contributed by atoms with van der Waals surface area (Å²) in [5.41, 5.74) is 0. The van der Waals surface area contributed by atoms with Gasteiger partial charge in [-0.3, -0.25) is 0 Å². The van der Waals surface area contributed by atoms with E-state index in [4.69, 9.17) is 15.1 Å². The maximum Gasteiger partial charge on any atom is 0.144 e. The largest absolute Gasteiger partial charge is 0.396 e. The van der Waals surface area contributed by atoms with Crippen molar-refractivity contribution in [3.8, 4) is 6.07 Å². The highest BCUT2D eigenvalue weighted by Gasteiger charge is 2.05. The van der Waals surface area contributed by atoms with E-state index in [1.54, 1.807) is 0 Å². The fraction of sp³-hybridized carbons (Fsp3) is 0.889. The van der Waals surface area contributed by atoms with Crippen LogP contribution in [0.2, 0.25) is 0 Å². The minimum Gasteiger partial charge on any atom is -0.396 e. The summed E-state index contributed by atoms with van der Waals surface area (Å²) in [6, 6.07) is 2.10. The summed E-state index contributed by atoms with van der Waals surface area (Å²) in [6.07, 6.45) is 1.09. The molecule has 0 aromatic rings. The Labute approximate surface area is 84.1 Å². The number of nitriles is 1. The highest BCUT2D eigenvalue weighted by atomic mass is 32.2. The molecule has 0 aliphatic carbocycles. The number of hydrogen-bond acceptors (Lipinski definition) is 4. The molecule has 0 spiro atoms. The zero-order chi connectivity index (χ0) is 9.94. The van der Waals surface area contributed by atoms with Crippen LogP contribution in [-0.4, -0.2) is 35.9 Å². The molecule has 13 heavy (non-hydrogen) atoms. The number of rotatable bonds is 8. The van der Waals surface area contributed by atoms with Crippen molar-refractivity contribution in [2.24, 2.45) is 0 Å². The van der Waals surface area contributed by atoms with Gasteiger partial charge in [-0.05, 0) is 24.3 Å². The molecule has 0 aromatic heterocycles. The lowest BCUT2D eigenvalue weighted by Gasteiger charge is -2.09. The van der Waals surface area contributed by atoms with Crippen LogP contribution < -0.4 is 0 Å². The molecule has 1 atom stereocenters. The van der Waals surface area contributed by atoms with Gasteiger partial charge in [0.15, 0.2) is 0 Å². The highest BCUT2D eigenvalue weighted by molar-refractivity contribution is 7.99. The van der Waals surface area contributed by atoms with Gasteiger partial charge < -0.3 is 9.84 Å². The van der Waals surface area contributed by atoms with Crippen LogP contribution in [0.1, 0.15) is 19.8 Å². The first-order chi connectivity index (χ1) is 6.35. The van der Waals surface area contributed by atoms with Crippen molar-refractivity contribution >= 4 is 11.8 Å². The van der Waals surface area contributed by atoms with Crippen molar-refractivity contribution in [3.63, 3.8) is 0 Å². The van der Waals surface area contributed by atoms with Gasteiger partial charge in [0.1, 0.15) is 6.10 Å². The molecule has 76 valence electrons. The molecule has 1 unspecified atom stereocenters. The number of hydrogen-bond donors (Lipinski definition) is 1. The number of nitrogens with zero attached hydrogens (tertiary/aromatic N) is 1. The van der Waals surface area contributed by atoms with Crippen LogP contribution in [0.4, 0.5) is 0 Å². The lowest BCUT2D eigenvalue weighted by molar-refractivity contribution is 0.0760. The second kappa shape index (κ2) is 9.85. The average molecular weight is 203 g/mol. The maximum absolute atomic E-state index is 8.68. The molecule has 0 saturated carbocycles. The van der Waals surface area contributed by atoms with E-state index < -0.39 is 0 Å². The van der Waals surface area contributed by atoms with Crippen molar-refractivity contribution in [1.29, 1.82) is 5.26 Å². The number of aliphatic hydroxyl groups is 1. The zero-order valence-electron chi connectivity index (χ0n) is 8.03. The van der Waals surface area contributed by atoms with Gasteiger partial charge in [-0.15, -0.1) is 0 Å². The molecule has 0 saturated heterocycles. The van der Waals surface area contributed by atoms with E-state index in [1.165, 1.54) is 0 Å². The van der Waals surface area contributed by atoms with Gasteiger partial charge in [0, 0.05) is 6.61 Å². The minimum atomic E-state index is -0.300. The monoisotopic (exact) mass is 203 g/mol. The van der Waals surface area contributed by atoms with Crippen LogP contribution >= 0.6 is 11.8 Å². The summed E-state index contributed by atoms with van der Waals surface area (Å²) >= 11 is 1.81. The molecule has 1 N–H and O–H groups in total. The molecule has 0 fully saturated rings. The third kappa shape index (κ3) is 8.10. The standard InChI is InChI=1S/C9H17NO2S/c1-2-13-7-4-9(8-10)12-6-3-5-11/h9,11H,2-7H2,1H3. The van der Waals surface area contributed by atoms with Crippen LogP contribution in [0.15, 0.2) is 0 Å². The number of ether oxygens (including phenoxy) is 1. The van der Waals surface area contributed by atoms with Gasteiger partial charge >= 0.3 is 0 Å². The maximum atomic E-state index is 8.68. The van der Waals surface area contributed by atoms with E-state index in [-0.39, 0.29) is 12.7 Å². The SMILES string of the molecule is CCSCCC(C#N)OCCCO. The molecule has 0 rings (SSSR count). The van der Waals surface area contributed by atoms with Crippen LogP contribution in [-0.2, 0) is 4.74 Å². The third-order valence-electron chi connectivity index (χ3n) is 1.49. The Bertz CT molecular complexity index is 137. The summed E-state index contributed by atoms with van der Waals surface area (Å²) in [7, 11) is 0. The van der Waals surface area contributed by atoms with Crippen molar-refractivity contribution in [2.75, 3.05) is 24.7 Å². The molecule has 0 amide bonds. The van der Waals surface area contributed by atoms with E-state index in [9.17, 15) is 0 Å². The average Bonchev–Trinajstić information content (AvgIpc) is 2.16. The first kappa shape index (κ1) is 12.8. The van der Waals surface area contributed by atoms with Crippen LogP contribution in [0.3, 0.4) is 0 Å². The summed E-state index contributed by atoms with van der Waals surface area (Å²) in [6.45, 7) is 2.70. The molecule has 0 heterocycles. The van der Waals surface area contributed by atoms with Gasteiger partial charge in [0.05, 0.1) is 12.7 Å². The molecular weight excluding hydrogens is 186 g/mol. The Kier molecular flexibility index (Phi) is 9.66. The van der Waals surface area contributed by atoms with Gasteiger partial charge in [0.25, 0.3) is 0 Å². The molecule has 4 heteroatoms. The Hall–Kier alpha value is -0.240. The van der Waals surface area contributed by atoms with E-state index in [1.807, 2.05) is 11.8 Å². The van der Waals surface area contributed by atoms with Crippen molar-refractivity contribution in [1.82, 2.24) is 0 Å². The molecule has 0 aliphatic heterocycles. The predicted octanol–water partition coefficient (Wildman–Crippen LogP) is 1.42. The lowest BCUT2D eigenvalue weighted by atomic mass is 10.3. The molecule has 3 nitrogen and oxygen atoms in total. The summed E-state index contributed by atoms with van der Waals surface area (Å²) in [5.74, 6) is 2.04. The summed E-state index contributed by atoms with van der Waals surface area (Å²) in [5, 5.41) is 17.2. The second-order valence-electron chi connectivity index (χ2n) is 2.55. The van der Waals surface area contributed by atoms with Crippen molar-refractivity contribution in [3.05, 3.63) is 0 Å². The van der Waals surface area contributed by atoms with E-state index in [0.29, 0.717) is 13.0 Å². The summed E-state index contributed by atoms with van der Waals surface area (Å²) in [4.78, 5) is 0. The first-order valence-electron chi connectivity index (χ1n) is 4.55. The third-order valence-corrected chi connectivity index (χ3v) is 2.43. The Morgan fingerprint density at radius 2 is 2.38 bits per heavy atom. The Morgan fingerprint density at radius 1 is 1.62 bits per heavy atom. The number of thioether (sulfide) groups is 1. The van der Waals surface area contributed by atoms with E-state index in [0.717, 1.165) is 17.9 Å². The summed E-state index contributed by atoms with van der Waals surface area (Å²) < 4.78 is 5.24. The predicted molar refractivity (Wildman–Crippen MR) is 54.7 cm³/mol. The topological polar surface area (TPSA) is 53.2 Å². The fourth-order valence-corrected chi connectivity index (χ4v) is 1.48. The van der Waals surface area contributed by atoms with Crippen molar-refractivity contribution < 1.29 is 9.84 Å². The van der Waals surface area contributed by atoms with Crippen molar-refractivity contribution in [2.45, 2.75) is 25.9 Å². The second-order valence-corrected chi connectivity index (χ2v) is 3.95. The smallest absolute Gasteiger partial charge is 0.144 e. The molecule has 0 radical (unpaired) electrons. The Balaban J connectivity index is 3.36. The molecule has 0 bridgehead atoms. The number of aliphatic hydroxyl groups excluding tert-OH is 1. The van der Waals surface area contributed by atoms with Gasteiger partial charge in [-0.2, -0.15) is 17.0 Å². The Morgan fingerprint density at radius 3 is 2.92 bits per heavy atom. The highest BCUT2D eigenvalue weighted by Crippen LogP contribution is 2.06. The van der Waals surface area contributed by atoms with Gasteiger partial charge in [-0.1, -0.05) is 6.92 Å². The molecule has 0 aromatic carbocycles. The van der Waals surface area contributed by atoms with Crippen LogP contribution in [0.25, 0.3) is 0 Å². The first-order valence-corrected chi connectivity index (χ1v) is 5.70. The normalized spacial score (nSPS) is 12.4. The van der Waals surface area contributed by atoms with Gasteiger partial charge in [0.2, 0.25) is 0 Å². The fourth-order valence-electron chi connectivity index (χ4n) is 0.810. The van der Waals surface area contributed by atoms with Crippen LogP contribution in [0.5, 0.6) is 0 Å². The quantitative estimate of drug-likeness (QED) is 0.606. The molecule has 0 aliphatic rings. The van der Waals surface area contributed by atoms with E-state index >= 15 is 0 Å². The van der Waals surface area contributed by atoms with E-state index in [2.05, 4.69) is 13.0 Å². The van der Waals surface area contributed by atoms with Gasteiger partial charge in [-0.25, -0.2) is 0 Å². The van der Waals surface area contributed by atoms with Crippen LogP contribution in [0, 0.1) is 11.3 Å². The lowest BCUT2D eigenvalue weighted by Crippen LogP contribution is -2.13.